The van der Waals surface area contributed by atoms with Crippen LogP contribution in [0.4, 0.5) is 0 Å². The Kier molecular flexibility index (Phi) is 3.60. The molecule has 0 saturated carbocycles. The van der Waals surface area contributed by atoms with E-state index in [2.05, 4.69) is 9.55 Å². The third kappa shape index (κ3) is 2.36. The molecule has 0 aliphatic carbocycles. The number of hydrogen-bond donors (Lipinski definition) is 1. The van der Waals surface area contributed by atoms with Gasteiger partial charge in [-0.3, -0.25) is 0 Å². The van der Waals surface area contributed by atoms with E-state index in [0.717, 1.165) is 35.5 Å². The van der Waals surface area contributed by atoms with Crippen molar-refractivity contribution < 1.29 is 9.15 Å². The van der Waals surface area contributed by atoms with Crippen LogP contribution in [0.1, 0.15) is 12.7 Å². The van der Waals surface area contributed by atoms with E-state index in [4.69, 9.17) is 21.4 Å². The van der Waals surface area contributed by atoms with Crippen molar-refractivity contribution in [2.45, 2.75) is 19.9 Å². The fourth-order valence-electron chi connectivity index (χ4n) is 2.33. The normalized spacial score (nSPS) is 11.1. The maximum atomic E-state index is 5.63. The number of nitrogens with zero attached hydrogens (tertiary/aromatic N) is 1. The highest BCUT2D eigenvalue weighted by atomic mass is 32.1. The molecule has 20 heavy (non-hydrogen) atoms. The molecule has 1 aromatic carbocycles. The van der Waals surface area contributed by atoms with Gasteiger partial charge in [-0.25, -0.2) is 0 Å². The molecule has 0 amide bonds. The van der Waals surface area contributed by atoms with E-state index in [-0.39, 0.29) is 0 Å². The largest absolute Gasteiger partial charge is 0.492 e. The molecule has 0 fully saturated rings. The number of rotatable bonds is 5. The first-order valence-corrected chi connectivity index (χ1v) is 7.07. The van der Waals surface area contributed by atoms with Crippen molar-refractivity contribution in [3.63, 3.8) is 0 Å². The Morgan fingerprint density at radius 1 is 1.30 bits per heavy atom. The fraction of sp³-hybridized carbons (Fsp3) is 0.267. The monoisotopic (exact) mass is 288 g/mol. The van der Waals surface area contributed by atoms with Crippen molar-refractivity contribution in [2.24, 2.45) is 0 Å². The Bertz CT molecular complexity index is 756. The summed E-state index contributed by atoms with van der Waals surface area (Å²) in [5.74, 6) is 1.80. The number of aromatic amines is 1. The molecule has 0 saturated heterocycles. The van der Waals surface area contributed by atoms with Gasteiger partial charge in [-0.15, -0.1) is 0 Å². The van der Waals surface area contributed by atoms with Crippen LogP contribution in [0.5, 0.6) is 5.75 Å². The first kappa shape index (κ1) is 13.0. The van der Waals surface area contributed by atoms with Crippen LogP contribution in [0.3, 0.4) is 0 Å². The Morgan fingerprint density at radius 3 is 2.95 bits per heavy atom. The predicted octanol–water partition coefficient (Wildman–Crippen LogP) is 3.93. The molecule has 5 heteroatoms. The summed E-state index contributed by atoms with van der Waals surface area (Å²) < 4.78 is 13.8. The van der Waals surface area contributed by atoms with Crippen LogP contribution < -0.4 is 4.74 Å². The number of nitrogens with one attached hydrogen (secondary N) is 1. The number of para-hydroxylation sites is 1. The molecule has 0 bridgehead atoms. The van der Waals surface area contributed by atoms with Crippen LogP contribution in [0.15, 0.2) is 41.0 Å². The van der Waals surface area contributed by atoms with Crippen LogP contribution in [-0.4, -0.2) is 16.2 Å². The second kappa shape index (κ2) is 5.54. The summed E-state index contributed by atoms with van der Waals surface area (Å²) in [5.41, 5.74) is 2.02. The van der Waals surface area contributed by atoms with Crippen molar-refractivity contribution in [1.29, 1.82) is 0 Å². The number of benzene rings is 1. The second-order valence-electron chi connectivity index (χ2n) is 4.49. The van der Waals surface area contributed by atoms with Gasteiger partial charge in [-0.05, 0) is 43.4 Å². The van der Waals surface area contributed by atoms with Gasteiger partial charge < -0.3 is 18.7 Å². The molecule has 0 aliphatic heterocycles. The zero-order chi connectivity index (χ0) is 13.9. The van der Waals surface area contributed by atoms with Gasteiger partial charge in [0.25, 0.3) is 0 Å². The van der Waals surface area contributed by atoms with E-state index in [1.807, 2.05) is 37.3 Å². The van der Waals surface area contributed by atoms with E-state index in [0.29, 0.717) is 11.4 Å². The third-order valence-electron chi connectivity index (χ3n) is 3.23. The molecule has 2 aromatic heterocycles. The van der Waals surface area contributed by atoms with Gasteiger partial charge in [0.1, 0.15) is 17.0 Å². The van der Waals surface area contributed by atoms with Crippen LogP contribution in [0, 0.1) is 4.77 Å². The Morgan fingerprint density at radius 2 is 2.20 bits per heavy atom. The highest BCUT2D eigenvalue weighted by molar-refractivity contribution is 7.71. The molecule has 0 atom stereocenters. The van der Waals surface area contributed by atoms with E-state index < -0.39 is 0 Å². The maximum absolute atomic E-state index is 5.63. The van der Waals surface area contributed by atoms with Crippen LogP contribution in [0.25, 0.3) is 11.0 Å². The quantitative estimate of drug-likeness (QED) is 0.723. The standard InChI is InChI=1S/C15H16N2O2S/c1-2-18-13-7-3-6-12-14(13)16-15(20)17(12)9-8-11-5-4-10-19-11/h3-7,10H,2,8-9H2,1H3,(H,16,20). The van der Waals surface area contributed by atoms with E-state index in [1.54, 1.807) is 6.26 Å². The highest BCUT2D eigenvalue weighted by Crippen LogP contribution is 2.25. The van der Waals surface area contributed by atoms with Crippen molar-refractivity contribution >= 4 is 23.3 Å². The summed E-state index contributed by atoms with van der Waals surface area (Å²) in [6, 6.07) is 9.86. The zero-order valence-electron chi connectivity index (χ0n) is 11.3. The lowest BCUT2D eigenvalue weighted by Gasteiger charge is -2.05. The number of ether oxygens (including phenoxy) is 1. The first-order valence-electron chi connectivity index (χ1n) is 6.66. The summed E-state index contributed by atoms with van der Waals surface area (Å²) in [7, 11) is 0. The molecule has 3 aromatic rings. The third-order valence-corrected chi connectivity index (χ3v) is 3.56. The number of H-pyrrole nitrogens is 1. The Balaban J connectivity index is 1.96. The molecular formula is C15H16N2O2S. The smallest absolute Gasteiger partial charge is 0.178 e. The van der Waals surface area contributed by atoms with E-state index >= 15 is 0 Å². The SMILES string of the molecule is CCOc1cccc2c1[nH]c(=S)n2CCc1ccco1. The summed E-state index contributed by atoms with van der Waals surface area (Å²) in [5, 5.41) is 0. The minimum atomic E-state index is 0.636. The summed E-state index contributed by atoms with van der Waals surface area (Å²) in [4.78, 5) is 3.23. The topological polar surface area (TPSA) is 43.1 Å². The van der Waals surface area contributed by atoms with E-state index in [9.17, 15) is 0 Å². The van der Waals surface area contributed by atoms with Gasteiger partial charge in [0.05, 0.1) is 18.4 Å². The van der Waals surface area contributed by atoms with Crippen molar-refractivity contribution in [1.82, 2.24) is 9.55 Å². The molecule has 0 radical (unpaired) electrons. The average molecular weight is 288 g/mol. The summed E-state index contributed by atoms with van der Waals surface area (Å²) in [6.45, 7) is 3.39. The second-order valence-corrected chi connectivity index (χ2v) is 4.88. The molecule has 3 rings (SSSR count). The van der Waals surface area contributed by atoms with E-state index in [1.165, 1.54) is 0 Å². The molecule has 0 spiro atoms. The van der Waals surface area contributed by atoms with Gasteiger partial charge in [0.15, 0.2) is 4.77 Å². The summed E-state index contributed by atoms with van der Waals surface area (Å²) >= 11 is 5.41. The number of fused-ring (bicyclic) bond motifs is 1. The van der Waals surface area contributed by atoms with Crippen molar-refractivity contribution in [2.75, 3.05) is 6.61 Å². The molecule has 4 nitrogen and oxygen atoms in total. The van der Waals surface area contributed by atoms with Crippen molar-refractivity contribution in [3.8, 4) is 5.75 Å². The first-order chi connectivity index (χ1) is 9.79. The number of imidazole rings is 1. The van der Waals surface area contributed by atoms with Crippen LogP contribution in [-0.2, 0) is 13.0 Å². The number of hydrogen-bond acceptors (Lipinski definition) is 3. The van der Waals surface area contributed by atoms with Gasteiger partial charge in [0.2, 0.25) is 0 Å². The lowest BCUT2D eigenvalue weighted by atomic mass is 10.2. The lowest BCUT2D eigenvalue weighted by Crippen LogP contribution is -2.00. The van der Waals surface area contributed by atoms with Gasteiger partial charge in [0, 0.05) is 13.0 Å². The van der Waals surface area contributed by atoms with Gasteiger partial charge in [-0.2, -0.15) is 0 Å². The fourth-order valence-corrected chi connectivity index (χ4v) is 2.62. The molecule has 2 heterocycles. The molecular weight excluding hydrogens is 272 g/mol. The van der Waals surface area contributed by atoms with Crippen LogP contribution in [0.2, 0.25) is 0 Å². The van der Waals surface area contributed by atoms with Crippen molar-refractivity contribution in [3.05, 3.63) is 47.1 Å². The zero-order valence-corrected chi connectivity index (χ0v) is 12.1. The molecule has 1 N–H and O–H groups in total. The number of aromatic nitrogens is 2. The Labute approximate surface area is 122 Å². The number of aryl methyl sites for hydroxylation is 2. The maximum Gasteiger partial charge on any atom is 0.178 e. The molecule has 0 aliphatic rings. The summed E-state index contributed by atoms with van der Waals surface area (Å²) in [6.07, 6.45) is 2.50. The molecule has 104 valence electrons. The van der Waals surface area contributed by atoms with Crippen LogP contribution >= 0.6 is 12.2 Å². The lowest BCUT2D eigenvalue weighted by molar-refractivity contribution is 0.343. The van der Waals surface area contributed by atoms with Gasteiger partial charge >= 0.3 is 0 Å². The predicted molar refractivity (Wildman–Crippen MR) is 80.7 cm³/mol. The highest BCUT2D eigenvalue weighted by Gasteiger charge is 2.09. The Hall–Kier alpha value is -2.01. The molecule has 0 unspecified atom stereocenters. The van der Waals surface area contributed by atoms with Gasteiger partial charge in [-0.1, -0.05) is 6.07 Å². The number of furan rings is 1. The average Bonchev–Trinajstić information content (AvgIpc) is 3.05. The minimum Gasteiger partial charge on any atom is -0.492 e. The minimum absolute atomic E-state index is 0.636.